The van der Waals surface area contributed by atoms with Gasteiger partial charge in [-0.2, -0.15) is 0 Å². The third-order valence-corrected chi connectivity index (χ3v) is 7.82. The molecule has 0 aromatic heterocycles. The molecule has 2 saturated heterocycles. The summed E-state index contributed by atoms with van der Waals surface area (Å²) in [4.78, 5) is 57.4. The van der Waals surface area contributed by atoms with E-state index >= 15 is 0 Å². The van der Waals surface area contributed by atoms with Gasteiger partial charge in [0.25, 0.3) is 11.8 Å². The molecule has 2 fully saturated rings. The van der Waals surface area contributed by atoms with E-state index in [2.05, 4.69) is 34.1 Å². The molecule has 10 heteroatoms. The number of esters is 2. The molecule has 5 rings (SSSR count). The Hall–Kier alpha value is -4.86. The third kappa shape index (κ3) is 6.22. The van der Waals surface area contributed by atoms with Gasteiger partial charge in [-0.25, -0.2) is 9.59 Å². The van der Waals surface area contributed by atoms with Crippen molar-refractivity contribution in [3.8, 4) is 0 Å². The van der Waals surface area contributed by atoms with Crippen LogP contribution in [0, 0.1) is 0 Å². The van der Waals surface area contributed by atoms with Crippen LogP contribution in [-0.2, 0) is 9.47 Å². The van der Waals surface area contributed by atoms with E-state index in [1.807, 2.05) is 9.80 Å². The maximum absolute atomic E-state index is 13.0. The fourth-order valence-electron chi connectivity index (χ4n) is 5.31. The van der Waals surface area contributed by atoms with Crippen molar-refractivity contribution >= 4 is 35.1 Å². The smallest absolute Gasteiger partial charge is 0.337 e. The third-order valence-electron chi connectivity index (χ3n) is 7.82. The fraction of sp³-hybridized carbons (Fsp3) is 0.312. The van der Waals surface area contributed by atoms with Gasteiger partial charge < -0.3 is 29.1 Å². The maximum Gasteiger partial charge on any atom is 0.337 e. The van der Waals surface area contributed by atoms with Crippen molar-refractivity contribution < 1.29 is 28.7 Å². The number of anilines is 2. The molecule has 2 amide bonds. The molecule has 3 aromatic carbocycles. The van der Waals surface area contributed by atoms with Crippen molar-refractivity contribution in [3.05, 3.63) is 95.1 Å². The van der Waals surface area contributed by atoms with Crippen molar-refractivity contribution in [1.29, 1.82) is 0 Å². The Bertz CT molecular complexity index is 1310. The molecule has 3 aromatic rings. The van der Waals surface area contributed by atoms with Gasteiger partial charge in [-0.15, -0.1) is 0 Å². The normalized spacial score (nSPS) is 15.3. The second-order valence-electron chi connectivity index (χ2n) is 10.2. The molecule has 0 radical (unpaired) electrons. The van der Waals surface area contributed by atoms with Gasteiger partial charge in [-0.3, -0.25) is 9.59 Å². The molecular weight excluding hydrogens is 536 g/mol. The molecule has 2 aliphatic heterocycles. The number of carbonyl (C=O) groups is 4. The number of carbonyl (C=O) groups excluding carboxylic acids is 4. The quantitative estimate of drug-likeness (QED) is 0.417. The zero-order valence-corrected chi connectivity index (χ0v) is 23.8. The van der Waals surface area contributed by atoms with E-state index in [1.165, 1.54) is 14.2 Å². The average Bonchev–Trinajstić information content (AvgIpc) is 3.07. The summed E-state index contributed by atoms with van der Waals surface area (Å²) < 4.78 is 9.44. The fourth-order valence-corrected chi connectivity index (χ4v) is 5.31. The molecule has 0 N–H and O–H groups in total. The van der Waals surface area contributed by atoms with Crippen LogP contribution >= 0.6 is 0 Å². The first kappa shape index (κ1) is 28.7. The van der Waals surface area contributed by atoms with Crippen molar-refractivity contribution in [2.24, 2.45) is 0 Å². The van der Waals surface area contributed by atoms with Crippen LogP contribution in [-0.4, -0.2) is 100 Å². The van der Waals surface area contributed by atoms with E-state index in [0.717, 1.165) is 37.6 Å². The minimum absolute atomic E-state index is 0.0442. The van der Waals surface area contributed by atoms with Crippen LogP contribution in [0.25, 0.3) is 0 Å². The molecule has 2 aliphatic rings. The highest BCUT2D eigenvalue weighted by atomic mass is 16.5. The van der Waals surface area contributed by atoms with E-state index in [9.17, 15) is 19.2 Å². The Morgan fingerprint density at radius 2 is 0.738 bits per heavy atom. The van der Waals surface area contributed by atoms with Gasteiger partial charge >= 0.3 is 11.9 Å². The minimum Gasteiger partial charge on any atom is -0.465 e. The van der Waals surface area contributed by atoms with Gasteiger partial charge in [0.15, 0.2) is 0 Å². The molecule has 218 valence electrons. The first-order chi connectivity index (χ1) is 20.4. The molecule has 0 bridgehead atoms. The lowest BCUT2D eigenvalue weighted by Crippen LogP contribution is -2.49. The van der Waals surface area contributed by atoms with Crippen molar-refractivity contribution in [1.82, 2.24) is 9.80 Å². The predicted octanol–water partition coefficient (Wildman–Crippen LogP) is 3.18. The van der Waals surface area contributed by atoms with Crippen LogP contribution in [0.3, 0.4) is 0 Å². The molecule has 0 atom stereocenters. The van der Waals surface area contributed by atoms with Crippen molar-refractivity contribution in [2.45, 2.75) is 0 Å². The highest BCUT2D eigenvalue weighted by molar-refractivity contribution is 5.97. The SMILES string of the molecule is COC(=O)c1ccc(C(=O)N2CCN(c3ccc(N4CCN(C(=O)c5ccc(C(=O)OC)cc5)CC4)cc3)CC2)cc1. The average molecular weight is 571 g/mol. The molecule has 2 heterocycles. The number of benzene rings is 3. The van der Waals surface area contributed by atoms with Crippen LogP contribution < -0.4 is 9.80 Å². The molecule has 10 nitrogen and oxygen atoms in total. The predicted molar refractivity (Wildman–Crippen MR) is 158 cm³/mol. The van der Waals surface area contributed by atoms with Crippen LogP contribution in [0.5, 0.6) is 0 Å². The molecule has 0 aliphatic carbocycles. The van der Waals surface area contributed by atoms with E-state index in [1.54, 1.807) is 48.5 Å². The summed E-state index contributed by atoms with van der Waals surface area (Å²) in [6.07, 6.45) is 0. The molecule has 0 saturated carbocycles. The lowest BCUT2D eigenvalue weighted by molar-refractivity contribution is 0.0591. The summed E-state index contributed by atoms with van der Waals surface area (Å²) in [6, 6.07) is 21.6. The Kier molecular flexibility index (Phi) is 8.71. The van der Waals surface area contributed by atoms with Gasteiger partial charge in [0.1, 0.15) is 0 Å². The van der Waals surface area contributed by atoms with Crippen LogP contribution in [0.1, 0.15) is 41.4 Å². The number of hydrogen-bond acceptors (Lipinski definition) is 8. The Morgan fingerprint density at radius 3 is 1.02 bits per heavy atom. The van der Waals surface area contributed by atoms with E-state index < -0.39 is 11.9 Å². The molecule has 0 spiro atoms. The Labute approximate surface area is 245 Å². The lowest BCUT2D eigenvalue weighted by atomic mass is 10.1. The van der Waals surface area contributed by atoms with Gasteiger partial charge in [0, 0.05) is 74.9 Å². The summed E-state index contributed by atoms with van der Waals surface area (Å²) in [5, 5.41) is 0. The van der Waals surface area contributed by atoms with Gasteiger partial charge in [0.2, 0.25) is 0 Å². The monoisotopic (exact) mass is 570 g/mol. The lowest BCUT2D eigenvalue weighted by Gasteiger charge is -2.37. The van der Waals surface area contributed by atoms with Crippen LogP contribution in [0.15, 0.2) is 72.8 Å². The second-order valence-corrected chi connectivity index (χ2v) is 10.2. The first-order valence-electron chi connectivity index (χ1n) is 13.9. The molecular formula is C32H34N4O6. The topological polar surface area (TPSA) is 99.7 Å². The standard InChI is InChI=1S/C32H34N4O6/c1-41-31(39)25-7-3-23(4-8-25)29(37)35-19-15-33(16-20-35)27-11-13-28(14-12-27)34-17-21-36(22-18-34)30(38)24-5-9-26(10-6-24)32(40)42-2/h3-14H,15-22H2,1-2H3. The minimum atomic E-state index is -0.424. The summed E-state index contributed by atoms with van der Waals surface area (Å²) in [5.74, 6) is -0.937. The molecule has 42 heavy (non-hydrogen) atoms. The maximum atomic E-state index is 13.0. The summed E-state index contributed by atoms with van der Waals surface area (Å²) in [5.41, 5.74) is 4.16. The number of hydrogen-bond donors (Lipinski definition) is 0. The van der Waals surface area contributed by atoms with Gasteiger partial charge in [0.05, 0.1) is 25.3 Å². The van der Waals surface area contributed by atoms with E-state index in [0.29, 0.717) is 48.4 Å². The van der Waals surface area contributed by atoms with Gasteiger partial charge in [-0.1, -0.05) is 0 Å². The number of methoxy groups -OCH3 is 2. The molecule has 0 unspecified atom stereocenters. The van der Waals surface area contributed by atoms with Crippen molar-refractivity contribution in [2.75, 3.05) is 76.4 Å². The van der Waals surface area contributed by atoms with Crippen molar-refractivity contribution in [3.63, 3.8) is 0 Å². The zero-order valence-electron chi connectivity index (χ0n) is 23.8. The Balaban J connectivity index is 1.10. The van der Waals surface area contributed by atoms with E-state index in [-0.39, 0.29) is 11.8 Å². The first-order valence-corrected chi connectivity index (χ1v) is 13.9. The van der Waals surface area contributed by atoms with Gasteiger partial charge in [-0.05, 0) is 72.8 Å². The zero-order chi connectivity index (χ0) is 29.6. The highest BCUT2D eigenvalue weighted by Crippen LogP contribution is 2.24. The number of nitrogens with zero attached hydrogens (tertiary/aromatic N) is 4. The number of piperazine rings is 2. The summed E-state index contributed by atoms with van der Waals surface area (Å²) in [7, 11) is 2.66. The van der Waals surface area contributed by atoms with Crippen LogP contribution in [0.2, 0.25) is 0 Å². The second kappa shape index (κ2) is 12.8. The summed E-state index contributed by atoms with van der Waals surface area (Å²) >= 11 is 0. The Morgan fingerprint density at radius 1 is 0.452 bits per heavy atom. The highest BCUT2D eigenvalue weighted by Gasteiger charge is 2.25. The van der Waals surface area contributed by atoms with E-state index in [4.69, 9.17) is 9.47 Å². The summed E-state index contributed by atoms with van der Waals surface area (Å²) in [6.45, 7) is 5.36. The number of rotatable bonds is 6. The number of ether oxygens (including phenoxy) is 2. The van der Waals surface area contributed by atoms with Crippen LogP contribution in [0.4, 0.5) is 11.4 Å². The largest absolute Gasteiger partial charge is 0.465 e. The number of amides is 2.